The Balaban J connectivity index is 1.73. The molecule has 230 valence electrons. The van der Waals surface area contributed by atoms with Crippen molar-refractivity contribution >= 4 is 50.7 Å². The maximum absolute atomic E-state index is 14.3. The fourth-order valence-corrected chi connectivity index (χ4v) is 7.18. The van der Waals surface area contributed by atoms with Crippen molar-refractivity contribution in [2.75, 3.05) is 10.8 Å². The molecule has 0 heterocycles. The highest BCUT2D eigenvalue weighted by Gasteiger charge is 2.34. The fourth-order valence-electron chi connectivity index (χ4n) is 5.43. The maximum atomic E-state index is 14.3. The summed E-state index contributed by atoms with van der Waals surface area (Å²) >= 11 is 12.4. The van der Waals surface area contributed by atoms with E-state index in [1.165, 1.54) is 17.0 Å². The molecular weight excluding hydrogens is 605 g/mol. The highest BCUT2D eigenvalue weighted by molar-refractivity contribution is 7.92. The normalized spacial score (nSPS) is 14.6. The molecule has 1 atom stereocenters. The van der Waals surface area contributed by atoms with Crippen molar-refractivity contribution in [3.05, 3.63) is 93.5 Å². The molecule has 0 spiro atoms. The summed E-state index contributed by atoms with van der Waals surface area (Å²) in [5, 5.41) is 3.86. The van der Waals surface area contributed by atoms with E-state index in [0.29, 0.717) is 27.7 Å². The van der Waals surface area contributed by atoms with Gasteiger partial charge in [0.15, 0.2) is 0 Å². The Kier molecular flexibility index (Phi) is 11.2. The molecule has 1 N–H and O–H groups in total. The van der Waals surface area contributed by atoms with E-state index < -0.39 is 28.5 Å². The first-order chi connectivity index (χ1) is 20.5. The van der Waals surface area contributed by atoms with Crippen LogP contribution in [0.1, 0.15) is 62.1 Å². The third-order valence-corrected chi connectivity index (χ3v) is 10.6. The molecule has 2 amide bonds. The van der Waals surface area contributed by atoms with Crippen LogP contribution in [-0.2, 0) is 26.2 Å². The van der Waals surface area contributed by atoms with E-state index in [-0.39, 0.29) is 23.4 Å². The van der Waals surface area contributed by atoms with Crippen molar-refractivity contribution in [1.29, 1.82) is 0 Å². The minimum absolute atomic E-state index is 0.0540. The van der Waals surface area contributed by atoms with Gasteiger partial charge in [0, 0.05) is 12.6 Å². The largest absolute Gasteiger partial charge is 0.352 e. The van der Waals surface area contributed by atoms with Gasteiger partial charge in [-0.25, -0.2) is 8.42 Å². The van der Waals surface area contributed by atoms with E-state index in [1.807, 2.05) is 26.8 Å². The molecule has 43 heavy (non-hydrogen) atoms. The van der Waals surface area contributed by atoms with Gasteiger partial charge in [-0.2, -0.15) is 0 Å². The van der Waals surface area contributed by atoms with Crippen LogP contribution in [0.2, 0.25) is 10.0 Å². The van der Waals surface area contributed by atoms with E-state index >= 15 is 0 Å². The van der Waals surface area contributed by atoms with Crippen LogP contribution in [0.4, 0.5) is 5.69 Å². The SMILES string of the molecule is CCC(C(=O)NC1CCCCC1)N(Cc1ccc(Cl)c(Cl)c1)C(=O)CN(c1ccc(C)c(C)c1)S(=O)(=O)c1ccccc1. The molecule has 0 aliphatic heterocycles. The molecule has 0 bridgehead atoms. The lowest BCUT2D eigenvalue weighted by Gasteiger charge is -2.34. The molecule has 0 radical (unpaired) electrons. The molecular formula is C33H39Cl2N3O4S. The van der Waals surface area contributed by atoms with Gasteiger partial charge in [0.2, 0.25) is 11.8 Å². The van der Waals surface area contributed by atoms with Crippen LogP contribution in [-0.4, -0.2) is 43.8 Å². The first-order valence-electron chi connectivity index (χ1n) is 14.7. The summed E-state index contributed by atoms with van der Waals surface area (Å²) < 4.78 is 29.1. The molecule has 3 aromatic carbocycles. The second-order valence-electron chi connectivity index (χ2n) is 11.1. The molecule has 10 heteroatoms. The van der Waals surface area contributed by atoms with Gasteiger partial charge < -0.3 is 10.2 Å². The molecule has 1 unspecified atom stereocenters. The molecule has 0 aromatic heterocycles. The fraction of sp³-hybridized carbons (Fsp3) is 0.394. The summed E-state index contributed by atoms with van der Waals surface area (Å²) in [4.78, 5) is 29.5. The number of carbonyl (C=O) groups excluding carboxylic acids is 2. The quantitative estimate of drug-likeness (QED) is 0.242. The van der Waals surface area contributed by atoms with Crippen LogP contribution < -0.4 is 9.62 Å². The van der Waals surface area contributed by atoms with Gasteiger partial charge in [0.1, 0.15) is 12.6 Å². The number of nitrogens with zero attached hydrogens (tertiary/aromatic N) is 2. The lowest BCUT2D eigenvalue weighted by Crippen LogP contribution is -2.54. The van der Waals surface area contributed by atoms with E-state index in [9.17, 15) is 18.0 Å². The second-order valence-corrected chi connectivity index (χ2v) is 13.8. The standard InChI is InChI=1S/C33H39Cl2N3O4S/c1-4-31(33(40)36-26-11-7-5-8-12-26)37(21-25-16-18-29(34)30(35)20-25)32(39)22-38(27-17-15-23(2)24(3)19-27)43(41,42)28-13-9-6-10-14-28/h6,9-10,13-20,26,31H,4-5,7-8,11-12,21-22H2,1-3H3,(H,36,40). The number of aryl methyl sites for hydroxylation is 2. The zero-order valence-electron chi connectivity index (χ0n) is 24.9. The molecule has 1 saturated carbocycles. The van der Waals surface area contributed by atoms with Crippen molar-refractivity contribution < 1.29 is 18.0 Å². The zero-order valence-corrected chi connectivity index (χ0v) is 27.2. The van der Waals surface area contributed by atoms with Crippen LogP contribution in [0, 0.1) is 13.8 Å². The Morgan fingerprint density at radius 2 is 1.60 bits per heavy atom. The first kappa shape index (κ1) is 32.8. The number of anilines is 1. The highest BCUT2D eigenvalue weighted by Crippen LogP contribution is 2.28. The van der Waals surface area contributed by atoms with Crippen molar-refractivity contribution in [2.24, 2.45) is 0 Å². The van der Waals surface area contributed by atoms with Crippen molar-refractivity contribution in [3.63, 3.8) is 0 Å². The number of hydrogen-bond donors (Lipinski definition) is 1. The molecule has 7 nitrogen and oxygen atoms in total. The van der Waals surface area contributed by atoms with Crippen LogP contribution in [0.25, 0.3) is 0 Å². The van der Waals surface area contributed by atoms with E-state index in [2.05, 4.69) is 5.32 Å². The molecule has 4 rings (SSSR count). The number of benzene rings is 3. The lowest BCUT2D eigenvalue weighted by molar-refractivity contribution is -0.140. The Labute approximate surface area is 265 Å². The summed E-state index contributed by atoms with van der Waals surface area (Å²) in [6, 6.07) is 17.6. The summed E-state index contributed by atoms with van der Waals surface area (Å²) in [5.74, 6) is -0.749. The van der Waals surface area contributed by atoms with Crippen LogP contribution in [0.5, 0.6) is 0 Å². The summed E-state index contributed by atoms with van der Waals surface area (Å²) in [5.41, 5.74) is 2.94. The van der Waals surface area contributed by atoms with E-state index in [0.717, 1.165) is 47.5 Å². The zero-order chi connectivity index (χ0) is 31.1. The van der Waals surface area contributed by atoms with Gasteiger partial charge >= 0.3 is 0 Å². The van der Waals surface area contributed by atoms with Gasteiger partial charge in [0.25, 0.3) is 10.0 Å². The topological polar surface area (TPSA) is 86.8 Å². The first-order valence-corrected chi connectivity index (χ1v) is 16.9. The predicted molar refractivity (Wildman–Crippen MR) is 173 cm³/mol. The summed E-state index contributed by atoms with van der Waals surface area (Å²) in [6.45, 7) is 5.25. The third-order valence-electron chi connectivity index (χ3n) is 8.06. The number of nitrogens with one attached hydrogen (secondary N) is 1. The van der Waals surface area contributed by atoms with Gasteiger partial charge in [-0.3, -0.25) is 13.9 Å². The number of amides is 2. The second kappa shape index (κ2) is 14.6. The molecule has 1 fully saturated rings. The van der Waals surface area contributed by atoms with Crippen LogP contribution in [0.3, 0.4) is 0 Å². The van der Waals surface area contributed by atoms with Gasteiger partial charge in [-0.15, -0.1) is 0 Å². The van der Waals surface area contributed by atoms with E-state index in [1.54, 1.807) is 48.5 Å². The number of halogens is 2. The summed E-state index contributed by atoms with van der Waals surface area (Å²) in [6.07, 6.45) is 5.40. The minimum atomic E-state index is -4.13. The van der Waals surface area contributed by atoms with E-state index in [4.69, 9.17) is 23.2 Å². The molecule has 1 aliphatic carbocycles. The molecule has 1 aliphatic rings. The summed E-state index contributed by atoms with van der Waals surface area (Å²) in [7, 11) is -4.13. The average molecular weight is 645 g/mol. The lowest BCUT2D eigenvalue weighted by atomic mass is 9.95. The van der Waals surface area contributed by atoms with Gasteiger partial charge in [-0.1, -0.05) is 79.7 Å². The van der Waals surface area contributed by atoms with Gasteiger partial charge in [-0.05, 0) is 86.2 Å². The minimum Gasteiger partial charge on any atom is -0.352 e. The smallest absolute Gasteiger partial charge is 0.264 e. The predicted octanol–water partition coefficient (Wildman–Crippen LogP) is 7.06. The Morgan fingerprint density at radius 3 is 2.23 bits per heavy atom. The average Bonchev–Trinajstić information content (AvgIpc) is 3.00. The Hall–Kier alpha value is -3.07. The molecule has 0 saturated heterocycles. The van der Waals surface area contributed by atoms with Crippen LogP contribution >= 0.6 is 23.2 Å². The number of hydrogen-bond acceptors (Lipinski definition) is 4. The molecule has 3 aromatic rings. The third kappa shape index (κ3) is 8.11. The van der Waals surface area contributed by atoms with Crippen molar-refractivity contribution in [3.8, 4) is 0 Å². The Morgan fingerprint density at radius 1 is 0.907 bits per heavy atom. The number of sulfonamides is 1. The highest BCUT2D eigenvalue weighted by atomic mass is 35.5. The van der Waals surface area contributed by atoms with Crippen molar-refractivity contribution in [1.82, 2.24) is 10.2 Å². The van der Waals surface area contributed by atoms with Crippen LogP contribution in [0.15, 0.2) is 71.6 Å². The Bertz CT molecular complexity index is 1540. The van der Waals surface area contributed by atoms with Gasteiger partial charge in [0.05, 0.1) is 20.6 Å². The van der Waals surface area contributed by atoms with Crippen molar-refractivity contribution in [2.45, 2.75) is 82.8 Å². The number of rotatable bonds is 11. The monoisotopic (exact) mass is 643 g/mol. The maximum Gasteiger partial charge on any atom is 0.264 e. The number of carbonyl (C=O) groups is 2.